The molecule has 0 unspecified atom stereocenters. The van der Waals surface area contributed by atoms with Gasteiger partial charge in [0.25, 0.3) is 5.56 Å². The molecule has 3 rings (SSSR count). The highest BCUT2D eigenvalue weighted by molar-refractivity contribution is 9.10. The van der Waals surface area contributed by atoms with Crippen LogP contribution < -0.4 is 11.2 Å². The summed E-state index contributed by atoms with van der Waals surface area (Å²) in [7, 11) is 0. The van der Waals surface area contributed by atoms with Crippen LogP contribution in [0.3, 0.4) is 0 Å². The molecule has 0 bridgehead atoms. The molecular weight excluding hydrogens is 446 g/mol. The maximum atomic E-state index is 13.0. The van der Waals surface area contributed by atoms with Gasteiger partial charge in [0.2, 0.25) is 5.88 Å². The lowest BCUT2D eigenvalue weighted by atomic mass is 10.1. The van der Waals surface area contributed by atoms with E-state index in [1.54, 1.807) is 12.1 Å². The molecule has 156 valence electrons. The first-order valence-corrected chi connectivity index (χ1v) is 10.7. The zero-order chi connectivity index (χ0) is 21.5. The Balaban J connectivity index is 2.02. The molecule has 7 heteroatoms. The number of aromatic nitrogens is 2. The van der Waals surface area contributed by atoms with Crippen molar-refractivity contribution in [3.63, 3.8) is 0 Å². The minimum Gasteiger partial charge on any atom is -0.494 e. The Kier molecular flexibility index (Phi) is 7.41. The van der Waals surface area contributed by atoms with Gasteiger partial charge in [-0.25, -0.2) is 4.79 Å². The quantitative estimate of drug-likeness (QED) is 0.500. The Morgan fingerprint density at radius 2 is 1.70 bits per heavy atom. The second-order valence-corrected chi connectivity index (χ2v) is 7.87. The van der Waals surface area contributed by atoms with Crippen LogP contribution in [-0.4, -0.2) is 20.5 Å². The highest BCUT2D eigenvalue weighted by atomic mass is 79.9. The van der Waals surface area contributed by atoms with Crippen LogP contribution in [0.1, 0.15) is 30.9 Å². The molecule has 0 saturated heterocycles. The summed E-state index contributed by atoms with van der Waals surface area (Å²) in [5.41, 5.74) is 0.646. The van der Waals surface area contributed by atoms with Crippen LogP contribution in [0.15, 0.2) is 73.7 Å². The highest BCUT2D eigenvalue weighted by Gasteiger charge is 2.17. The Morgan fingerprint density at radius 3 is 2.37 bits per heavy atom. The predicted octanol–water partition coefficient (Wildman–Crippen LogP) is 4.27. The molecule has 0 aliphatic heterocycles. The van der Waals surface area contributed by atoms with Gasteiger partial charge < -0.3 is 5.11 Å². The molecule has 0 fully saturated rings. The number of hydrogen-bond acceptors (Lipinski definition) is 4. The van der Waals surface area contributed by atoms with Gasteiger partial charge >= 0.3 is 5.69 Å². The third-order valence-electron chi connectivity index (χ3n) is 4.81. The summed E-state index contributed by atoms with van der Waals surface area (Å²) in [6.45, 7) is 2.57. The fourth-order valence-corrected chi connectivity index (χ4v) is 3.35. The van der Waals surface area contributed by atoms with E-state index in [0.29, 0.717) is 25.1 Å². The molecule has 0 atom stereocenters. The van der Waals surface area contributed by atoms with E-state index in [0.717, 1.165) is 16.5 Å². The third-order valence-corrected chi connectivity index (χ3v) is 5.33. The molecular formula is C23H24BrN3O3. The summed E-state index contributed by atoms with van der Waals surface area (Å²) < 4.78 is 3.37. The van der Waals surface area contributed by atoms with Crippen molar-refractivity contribution in [3.8, 4) is 5.88 Å². The van der Waals surface area contributed by atoms with Crippen molar-refractivity contribution in [1.29, 1.82) is 0 Å². The lowest BCUT2D eigenvalue weighted by molar-refractivity contribution is 0.382. The van der Waals surface area contributed by atoms with E-state index in [1.165, 1.54) is 15.3 Å². The van der Waals surface area contributed by atoms with E-state index in [-0.39, 0.29) is 18.0 Å². The molecule has 0 spiro atoms. The average Bonchev–Trinajstić information content (AvgIpc) is 2.75. The van der Waals surface area contributed by atoms with Gasteiger partial charge in [-0.05, 0) is 42.7 Å². The molecule has 0 aliphatic carbocycles. The first-order chi connectivity index (χ1) is 14.5. The zero-order valence-electron chi connectivity index (χ0n) is 16.8. The Hall–Kier alpha value is -2.93. The Labute approximate surface area is 183 Å². The maximum absolute atomic E-state index is 13.0. The minimum atomic E-state index is -0.540. The second kappa shape index (κ2) is 10.2. The van der Waals surface area contributed by atoms with Crippen molar-refractivity contribution in [2.45, 2.75) is 39.3 Å². The molecule has 0 radical (unpaired) electrons. The highest BCUT2D eigenvalue weighted by Crippen LogP contribution is 2.17. The molecule has 0 saturated carbocycles. The van der Waals surface area contributed by atoms with Crippen LogP contribution >= 0.6 is 15.9 Å². The molecule has 0 amide bonds. The Bertz CT molecular complexity index is 1130. The van der Waals surface area contributed by atoms with Gasteiger partial charge in [0.05, 0.1) is 5.69 Å². The molecule has 1 heterocycles. The maximum Gasteiger partial charge on any atom is 0.333 e. The minimum absolute atomic E-state index is 0.0154. The monoisotopic (exact) mass is 469 g/mol. The number of hydrogen-bond donors (Lipinski definition) is 1. The summed E-state index contributed by atoms with van der Waals surface area (Å²) in [6, 6.07) is 16.9. The summed E-state index contributed by atoms with van der Waals surface area (Å²) in [4.78, 5) is 30.3. The topological polar surface area (TPSA) is 76.6 Å². The van der Waals surface area contributed by atoms with Crippen LogP contribution in [-0.2, 0) is 19.5 Å². The van der Waals surface area contributed by atoms with Gasteiger partial charge in [0.15, 0.2) is 0 Å². The molecule has 2 aromatic carbocycles. The smallest absolute Gasteiger partial charge is 0.333 e. The van der Waals surface area contributed by atoms with Crippen molar-refractivity contribution in [1.82, 2.24) is 9.13 Å². The number of unbranched alkanes of at least 4 members (excludes halogenated alkanes) is 1. The number of aromatic hydroxyl groups is 1. The number of aliphatic imine (C=N–C) groups is 1. The second-order valence-electron chi connectivity index (χ2n) is 6.95. The standard InChI is InChI=1S/C23H24BrN3O3/c1-2-3-14-26-21(28)20(16-25-19-11-9-18(24)10-12-19)22(29)27(23(26)30)15-13-17-7-5-4-6-8-17/h4-12,16,28H,2-3,13-15H2,1H3. The molecule has 3 aromatic rings. The van der Waals surface area contributed by atoms with Crippen LogP contribution in [0.4, 0.5) is 5.69 Å². The van der Waals surface area contributed by atoms with Gasteiger partial charge in [0.1, 0.15) is 5.56 Å². The van der Waals surface area contributed by atoms with Crippen molar-refractivity contribution < 1.29 is 5.11 Å². The van der Waals surface area contributed by atoms with Crippen LogP contribution in [0.25, 0.3) is 0 Å². The molecule has 0 aliphatic rings. The average molecular weight is 470 g/mol. The van der Waals surface area contributed by atoms with Crippen molar-refractivity contribution in [2.24, 2.45) is 4.99 Å². The van der Waals surface area contributed by atoms with E-state index in [4.69, 9.17) is 0 Å². The fraction of sp³-hybridized carbons (Fsp3) is 0.261. The summed E-state index contributed by atoms with van der Waals surface area (Å²) in [5.74, 6) is -0.338. The number of halogens is 1. The molecule has 1 N–H and O–H groups in total. The van der Waals surface area contributed by atoms with Gasteiger partial charge in [-0.2, -0.15) is 0 Å². The largest absolute Gasteiger partial charge is 0.494 e. The van der Waals surface area contributed by atoms with Gasteiger partial charge in [-0.1, -0.05) is 59.6 Å². The SMILES string of the molecule is CCCCn1c(O)c(C=Nc2ccc(Br)cc2)c(=O)n(CCc2ccccc2)c1=O. The van der Waals surface area contributed by atoms with Crippen molar-refractivity contribution >= 4 is 27.8 Å². The zero-order valence-corrected chi connectivity index (χ0v) is 18.4. The predicted molar refractivity (Wildman–Crippen MR) is 123 cm³/mol. The number of rotatable bonds is 8. The van der Waals surface area contributed by atoms with Gasteiger partial charge in [-0.3, -0.25) is 18.9 Å². The van der Waals surface area contributed by atoms with Crippen molar-refractivity contribution in [2.75, 3.05) is 0 Å². The number of aryl methyl sites for hydroxylation is 1. The first-order valence-electron chi connectivity index (χ1n) is 9.91. The van der Waals surface area contributed by atoms with E-state index in [2.05, 4.69) is 20.9 Å². The van der Waals surface area contributed by atoms with E-state index < -0.39 is 11.2 Å². The van der Waals surface area contributed by atoms with E-state index >= 15 is 0 Å². The summed E-state index contributed by atoms with van der Waals surface area (Å²) >= 11 is 3.37. The number of benzene rings is 2. The molecule has 1 aromatic heterocycles. The Morgan fingerprint density at radius 1 is 1.00 bits per heavy atom. The third kappa shape index (κ3) is 5.16. The van der Waals surface area contributed by atoms with Crippen LogP contribution in [0.2, 0.25) is 0 Å². The summed E-state index contributed by atoms with van der Waals surface area (Å²) in [5, 5.41) is 10.7. The van der Waals surface area contributed by atoms with Gasteiger partial charge in [0, 0.05) is 23.8 Å². The van der Waals surface area contributed by atoms with Crippen molar-refractivity contribution in [3.05, 3.63) is 91.0 Å². The number of nitrogens with zero attached hydrogens (tertiary/aromatic N) is 3. The van der Waals surface area contributed by atoms with Crippen LogP contribution in [0, 0.1) is 0 Å². The fourth-order valence-electron chi connectivity index (χ4n) is 3.09. The van der Waals surface area contributed by atoms with Gasteiger partial charge in [-0.15, -0.1) is 0 Å². The van der Waals surface area contributed by atoms with Crippen LogP contribution in [0.5, 0.6) is 5.88 Å². The molecule has 30 heavy (non-hydrogen) atoms. The van der Waals surface area contributed by atoms with E-state index in [1.807, 2.05) is 49.4 Å². The summed E-state index contributed by atoms with van der Waals surface area (Å²) in [6.07, 6.45) is 3.45. The normalized spacial score (nSPS) is 11.3. The first kappa shape index (κ1) is 21.8. The lowest BCUT2D eigenvalue weighted by Gasteiger charge is -2.14. The molecule has 6 nitrogen and oxygen atoms in total. The lowest BCUT2D eigenvalue weighted by Crippen LogP contribution is -2.42. The van der Waals surface area contributed by atoms with E-state index in [9.17, 15) is 14.7 Å².